The fourth-order valence-corrected chi connectivity index (χ4v) is 0.697. The van der Waals surface area contributed by atoms with Crippen LogP contribution in [0.2, 0.25) is 0 Å². The van der Waals surface area contributed by atoms with Crippen molar-refractivity contribution in [2.75, 3.05) is 0 Å². The molecule has 2 aromatic rings. The van der Waals surface area contributed by atoms with Crippen LogP contribution in [-0.4, -0.2) is 0 Å². The van der Waals surface area contributed by atoms with E-state index in [-0.39, 0.29) is 0 Å². The number of rotatable bonds is 0. The highest BCUT2D eigenvalue weighted by Crippen LogP contribution is 2.14. The van der Waals surface area contributed by atoms with Crippen LogP contribution >= 0.6 is 0 Å². The van der Waals surface area contributed by atoms with Crippen LogP contribution in [-0.2, 0) is 0 Å². The van der Waals surface area contributed by atoms with Gasteiger partial charge in [-0.25, -0.2) is 0 Å². The van der Waals surface area contributed by atoms with E-state index in [1.807, 2.05) is 0 Å². The molecule has 0 bridgehead atoms. The van der Waals surface area contributed by atoms with E-state index in [0.29, 0.717) is 0 Å². The zero-order valence-corrected chi connectivity index (χ0v) is 4.13. The molecule has 0 fully saturated rings. The van der Waals surface area contributed by atoms with Crippen LogP contribution in [0.15, 0.2) is 33.5 Å². The third-order valence-corrected chi connectivity index (χ3v) is 1.07. The standard InChI is InChI=1S/C6H4O2/c1-3-7-6-2-4-8-5(1)6/h1-4H. The Hall–Kier alpha value is -1.18. The minimum atomic E-state index is 0.810. The highest BCUT2D eigenvalue weighted by molar-refractivity contribution is 5.69. The first-order chi connectivity index (χ1) is 3.97. The lowest BCUT2D eigenvalue weighted by Crippen LogP contribution is -1.38. The SMILES string of the molecule is c1cc2occc2o1. The molecule has 40 valence electrons. The Bertz CT molecular complexity index is 228. The molecule has 2 nitrogen and oxygen atoms in total. The first-order valence-electron chi connectivity index (χ1n) is 2.37. The molecule has 0 spiro atoms. The maximum absolute atomic E-state index is 4.96. The van der Waals surface area contributed by atoms with Crippen LogP contribution in [0.4, 0.5) is 0 Å². The molecule has 0 saturated carbocycles. The summed E-state index contributed by atoms with van der Waals surface area (Å²) in [5, 5.41) is 0. The monoisotopic (exact) mass is 108 g/mol. The van der Waals surface area contributed by atoms with Gasteiger partial charge in [0.05, 0.1) is 12.5 Å². The van der Waals surface area contributed by atoms with Gasteiger partial charge in [-0.15, -0.1) is 0 Å². The Kier molecular flexibility index (Phi) is 0.545. The van der Waals surface area contributed by atoms with E-state index in [1.54, 1.807) is 24.7 Å². The summed E-state index contributed by atoms with van der Waals surface area (Å²) < 4.78 is 9.93. The van der Waals surface area contributed by atoms with E-state index < -0.39 is 0 Å². The van der Waals surface area contributed by atoms with E-state index >= 15 is 0 Å². The average molecular weight is 108 g/mol. The predicted molar refractivity (Wildman–Crippen MR) is 28.5 cm³/mol. The Balaban J connectivity index is 3.06. The average Bonchev–Trinajstić information content (AvgIpc) is 2.15. The Morgan fingerprint density at radius 2 is 1.38 bits per heavy atom. The summed E-state index contributed by atoms with van der Waals surface area (Å²) in [6, 6.07) is 3.57. The molecule has 0 aliphatic heterocycles. The zero-order valence-electron chi connectivity index (χ0n) is 4.13. The van der Waals surface area contributed by atoms with E-state index in [4.69, 9.17) is 8.83 Å². The number of fused-ring (bicyclic) bond motifs is 1. The maximum atomic E-state index is 4.96. The summed E-state index contributed by atoms with van der Waals surface area (Å²) in [6.45, 7) is 0. The third kappa shape index (κ3) is 0.320. The van der Waals surface area contributed by atoms with Crippen molar-refractivity contribution in [3.8, 4) is 0 Å². The van der Waals surface area contributed by atoms with Gasteiger partial charge in [-0.05, 0) is 0 Å². The summed E-state index contributed by atoms with van der Waals surface area (Å²) >= 11 is 0. The van der Waals surface area contributed by atoms with Crippen LogP contribution in [0.25, 0.3) is 11.2 Å². The molecule has 0 amide bonds. The van der Waals surface area contributed by atoms with E-state index in [0.717, 1.165) is 11.2 Å². The Morgan fingerprint density at radius 1 is 0.875 bits per heavy atom. The second-order valence-corrected chi connectivity index (χ2v) is 1.57. The second-order valence-electron chi connectivity index (χ2n) is 1.57. The zero-order chi connectivity index (χ0) is 5.40. The molecule has 2 rings (SSSR count). The number of hydrogen-bond donors (Lipinski definition) is 0. The topological polar surface area (TPSA) is 26.3 Å². The molecule has 0 atom stereocenters. The summed E-state index contributed by atoms with van der Waals surface area (Å²) in [4.78, 5) is 0. The fourth-order valence-electron chi connectivity index (χ4n) is 0.697. The summed E-state index contributed by atoms with van der Waals surface area (Å²) in [5.74, 6) is 0. The molecular formula is C6H4O2. The molecule has 0 N–H and O–H groups in total. The second kappa shape index (κ2) is 1.15. The third-order valence-electron chi connectivity index (χ3n) is 1.07. The first kappa shape index (κ1) is 3.78. The summed E-state index contributed by atoms with van der Waals surface area (Å²) in [6.07, 6.45) is 3.21. The quantitative estimate of drug-likeness (QED) is 0.516. The van der Waals surface area contributed by atoms with Crippen molar-refractivity contribution in [3.05, 3.63) is 24.7 Å². The van der Waals surface area contributed by atoms with Crippen LogP contribution in [0.5, 0.6) is 0 Å². The van der Waals surface area contributed by atoms with E-state index in [2.05, 4.69) is 0 Å². The van der Waals surface area contributed by atoms with Gasteiger partial charge in [0.2, 0.25) is 0 Å². The number of furan rings is 2. The normalized spacial score (nSPS) is 10.5. The van der Waals surface area contributed by atoms with E-state index in [9.17, 15) is 0 Å². The van der Waals surface area contributed by atoms with E-state index in [1.165, 1.54) is 0 Å². The van der Waals surface area contributed by atoms with Gasteiger partial charge >= 0.3 is 0 Å². The molecule has 2 aromatic heterocycles. The molecule has 8 heavy (non-hydrogen) atoms. The minimum Gasteiger partial charge on any atom is -0.461 e. The largest absolute Gasteiger partial charge is 0.461 e. The lowest BCUT2D eigenvalue weighted by molar-refractivity contribution is 0.609. The van der Waals surface area contributed by atoms with Crippen molar-refractivity contribution in [2.24, 2.45) is 0 Å². The lowest BCUT2D eigenvalue weighted by atomic mass is 10.5. The maximum Gasteiger partial charge on any atom is 0.172 e. The van der Waals surface area contributed by atoms with Gasteiger partial charge in [-0.1, -0.05) is 0 Å². The van der Waals surface area contributed by atoms with Gasteiger partial charge in [-0.3, -0.25) is 0 Å². The molecule has 0 radical (unpaired) electrons. The Labute approximate surface area is 45.7 Å². The molecule has 2 heteroatoms. The van der Waals surface area contributed by atoms with Crippen molar-refractivity contribution >= 4 is 11.2 Å². The molecular weight excluding hydrogens is 104 g/mol. The highest BCUT2D eigenvalue weighted by Gasteiger charge is 1.94. The van der Waals surface area contributed by atoms with Crippen molar-refractivity contribution in [1.29, 1.82) is 0 Å². The van der Waals surface area contributed by atoms with Gasteiger partial charge in [-0.2, -0.15) is 0 Å². The molecule has 0 aliphatic rings. The van der Waals surface area contributed by atoms with Crippen molar-refractivity contribution in [1.82, 2.24) is 0 Å². The Morgan fingerprint density at radius 3 is 1.88 bits per heavy atom. The van der Waals surface area contributed by atoms with Gasteiger partial charge in [0.15, 0.2) is 11.2 Å². The number of hydrogen-bond acceptors (Lipinski definition) is 2. The smallest absolute Gasteiger partial charge is 0.172 e. The molecule has 0 aromatic carbocycles. The van der Waals surface area contributed by atoms with Crippen LogP contribution in [0, 0.1) is 0 Å². The molecule has 0 unspecified atom stereocenters. The van der Waals surface area contributed by atoms with Crippen LogP contribution in [0.1, 0.15) is 0 Å². The predicted octanol–water partition coefficient (Wildman–Crippen LogP) is 2.03. The fraction of sp³-hybridized carbons (Fsp3) is 0. The van der Waals surface area contributed by atoms with Gasteiger partial charge in [0.25, 0.3) is 0 Å². The molecule has 0 saturated heterocycles. The first-order valence-corrected chi connectivity index (χ1v) is 2.37. The van der Waals surface area contributed by atoms with Gasteiger partial charge in [0, 0.05) is 12.1 Å². The highest BCUT2D eigenvalue weighted by atomic mass is 16.4. The van der Waals surface area contributed by atoms with Crippen LogP contribution in [0.3, 0.4) is 0 Å². The minimum absolute atomic E-state index is 0.810. The van der Waals surface area contributed by atoms with Gasteiger partial charge in [0.1, 0.15) is 0 Å². The molecule has 2 heterocycles. The van der Waals surface area contributed by atoms with Crippen molar-refractivity contribution in [3.63, 3.8) is 0 Å². The van der Waals surface area contributed by atoms with Crippen LogP contribution < -0.4 is 0 Å². The lowest BCUT2D eigenvalue weighted by Gasteiger charge is -1.64. The summed E-state index contributed by atoms with van der Waals surface area (Å²) in [7, 11) is 0. The van der Waals surface area contributed by atoms with Crippen molar-refractivity contribution < 1.29 is 8.83 Å². The van der Waals surface area contributed by atoms with Gasteiger partial charge < -0.3 is 8.83 Å². The molecule has 0 aliphatic carbocycles. The summed E-state index contributed by atoms with van der Waals surface area (Å²) in [5.41, 5.74) is 1.62. The van der Waals surface area contributed by atoms with Crippen molar-refractivity contribution in [2.45, 2.75) is 0 Å².